The Morgan fingerprint density at radius 1 is 1.56 bits per heavy atom. The molecule has 1 aliphatic rings. The highest BCUT2D eigenvalue weighted by Crippen LogP contribution is 2.24. The van der Waals surface area contributed by atoms with E-state index in [0.717, 1.165) is 10.6 Å². The summed E-state index contributed by atoms with van der Waals surface area (Å²) < 4.78 is 28.3. The number of nitrogens with zero attached hydrogens (tertiary/aromatic N) is 1. The van der Waals surface area contributed by atoms with E-state index in [1.54, 1.807) is 6.92 Å². The summed E-state index contributed by atoms with van der Waals surface area (Å²) in [4.78, 5) is 11.4. The van der Waals surface area contributed by atoms with Crippen LogP contribution in [0.5, 0.6) is 0 Å². The smallest absolute Gasteiger partial charge is 0.309 e. The maximum absolute atomic E-state index is 11.4. The van der Waals surface area contributed by atoms with E-state index in [-0.39, 0.29) is 18.9 Å². The van der Waals surface area contributed by atoms with E-state index in [2.05, 4.69) is 0 Å². The second-order valence-corrected chi connectivity index (χ2v) is 5.76. The molecule has 1 fully saturated rings. The number of carbonyl (C=O) groups excluding carboxylic acids is 1. The fourth-order valence-electron chi connectivity index (χ4n) is 1.78. The van der Waals surface area contributed by atoms with Gasteiger partial charge in [-0.15, -0.1) is 0 Å². The Morgan fingerprint density at radius 3 is 2.62 bits per heavy atom. The van der Waals surface area contributed by atoms with Gasteiger partial charge in [-0.3, -0.25) is 4.79 Å². The van der Waals surface area contributed by atoms with Gasteiger partial charge < -0.3 is 9.84 Å². The molecule has 0 aromatic carbocycles. The molecule has 1 aliphatic heterocycles. The molecule has 0 aromatic rings. The Labute approximate surface area is 95.2 Å². The van der Waals surface area contributed by atoms with Gasteiger partial charge in [-0.1, -0.05) is 0 Å². The second-order valence-electron chi connectivity index (χ2n) is 3.83. The van der Waals surface area contributed by atoms with Gasteiger partial charge in [-0.05, 0) is 13.3 Å². The highest BCUT2D eigenvalue weighted by atomic mass is 32.2. The minimum atomic E-state index is -3.41. The monoisotopic (exact) mass is 251 g/mol. The Balaban J connectivity index is 2.62. The van der Waals surface area contributed by atoms with E-state index in [1.807, 2.05) is 0 Å². The number of ether oxygens (including phenoxy) is 1. The minimum absolute atomic E-state index is 0.103. The van der Waals surface area contributed by atoms with Crippen molar-refractivity contribution in [3.63, 3.8) is 0 Å². The summed E-state index contributed by atoms with van der Waals surface area (Å²) in [6.07, 6.45) is 0.411. The van der Waals surface area contributed by atoms with Crippen molar-refractivity contribution in [3.8, 4) is 0 Å². The third kappa shape index (κ3) is 3.16. The van der Waals surface area contributed by atoms with Crippen molar-refractivity contribution in [1.29, 1.82) is 0 Å². The molecule has 0 aliphatic carbocycles. The van der Waals surface area contributed by atoms with Crippen LogP contribution < -0.4 is 0 Å². The van der Waals surface area contributed by atoms with Crippen molar-refractivity contribution in [2.24, 2.45) is 5.92 Å². The molecule has 1 rings (SSSR count). The first-order chi connectivity index (χ1) is 7.36. The Hall–Kier alpha value is -0.660. The van der Waals surface area contributed by atoms with Crippen LogP contribution in [0.3, 0.4) is 0 Å². The van der Waals surface area contributed by atoms with Crippen LogP contribution >= 0.6 is 0 Å². The first-order valence-corrected chi connectivity index (χ1v) is 7.02. The van der Waals surface area contributed by atoms with Gasteiger partial charge >= 0.3 is 5.97 Å². The highest BCUT2D eigenvalue weighted by Gasteiger charge is 2.35. The van der Waals surface area contributed by atoms with Crippen LogP contribution in [0.1, 0.15) is 19.8 Å². The molecule has 0 spiro atoms. The summed E-state index contributed by atoms with van der Waals surface area (Å²) in [5, 5.41) is 9.63. The van der Waals surface area contributed by atoms with Gasteiger partial charge in [-0.25, -0.2) is 8.42 Å². The number of piperidine rings is 1. The zero-order chi connectivity index (χ0) is 12.3. The van der Waals surface area contributed by atoms with Gasteiger partial charge in [0.15, 0.2) is 0 Å². The van der Waals surface area contributed by atoms with Crippen LogP contribution in [0.4, 0.5) is 0 Å². The fraction of sp³-hybridized carbons (Fsp3) is 0.889. The lowest BCUT2D eigenvalue weighted by atomic mass is 9.97. The molecule has 1 heterocycles. The van der Waals surface area contributed by atoms with Crippen LogP contribution in [0.2, 0.25) is 0 Å². The number of aliphatic hydroxyl groups excluding tert-OH is 1. The maximum atomic E-state index is 11.4. The molecular formula is C9H17NO5S. The van der Waals surface area contributed by atoms with Gasteiger partial charge in [0.05, 0.1) is 18.8 Å². The lowest BCUT2D eigenvalue weighted by Gasteiger charge is -2.33. The number of esters is 1. The quantitative estimate of drug-likeness (QED) is 0.686. The number of aliphatic hydroxyl groups is 1. The van der Waals surface area contributed by atoms with Crippen molar-refractivity contribution in [2.75, 3.05) is 19.4 Å². The van der Waals surface area contributed by atoms with Crippen LogP contribution in [-0.2, 0) is 19.6 Å². The summed E-state index contributed by atoms with van der Waals surface area (Å²) >= 11 is 0. The van der Waals surface area contributed by atoms with E-state index in [0.29, 0.717) is 13.0 Å². The summed E-state index contributed by atoms with van der Waals surface area (Å²) in [6, 6.07) is 0. The minimum Gasteiger partial charge on any atom is -0.466 e. The number of sulfonamides is 1. The van der Waals surface area contributed by atoms with Crippen molar-refractivity contribution in [3.05, 3.63) is 0 Å². The summed E-state index contributed by atoms with van der Waals surface area (Å²) in [6.45, 7) is 2.16. The molecule has 94 valence electrons. The van der Waals surface area contributed by atoms with Crippen LogP contribution in [0.15, 0.2) is 0 Å². The van der Waals surface area contributed by atoms with Crippen molar-refractivity contribution in [1.82, 2.24) is 4.31 Å². The molecule has 16 heavy (non-hydrogen) atoms. The predicted octanol–water partition coefficient (Wildman–Crippen LogP) is -0.460. The third-order valence-electron chi connectivity index (χ3n) is 2.57. The average Bonchev–Trinajstić information content (AvgIpc) is 2.16. The predicted molar refractivity (Wildman–Crippen MR) is 56.9 cm³/mol. The first-order valence-electron chi connectivity index (χ1n) is 5.17. The molecule has 1 saturated heterocycles. The van der Waals surface area contributed by atoms with E-state index in [4.69, 9.17) is 4.74 Å². The topological polar surface area (TPSA) is 83.9 Å². The van der Waals surface area contributed by atoms with E-state index in [9.17, 15) is 18.3 Å². The zero-order valence-electron chi connectivity index (χ0n) is 9.42. The molecule has 0 saturated carbocycles. The maximum Gasteiger partial charge on any atom is 0.309 e. The fourth-order valence-corrected chi connectivity index (χ4v) is 2.75. The molecule has 1 N–H and O–H groups in total. The van der Waals surface area contributed by atoms with Crippen LogP contribution in [0.25, 0.3) is 0 Å². The van der Waals surface area contributed by atoms with Gasteiger partial charge in [0.1, 0.15) is 6.23 Å². The molecule has 2 atom stereocenters. The molecular weight excluding hydrogens is 234 g/mol. The molecule has 6 nitrogen and oxygen atoms in total. The number of hydrogen-bond acceptors (Lipinski definition) is 5. The Morgan fingerprint density at radius 2 is 2.19 bits per heavy atom. The highest BCUT2D eigenvalue weighted by molar-refractivity contribution is 7.88. The van der Waals surface area contributed by atoms with Gasteiger partial charge in [0.25, 0.3) is 0 Å². The second kappa shape index (κ2) is 5.11. The summed E-state index contributed by atoms with van der Waals surface area (Å²) in [7, 11) is -3.41. The molecule has 0 bridgehead atoms. The first kappa shape index (κ1) is 13.4. The molecule has 0 aromatic heterocycles. The van der Waals surface area contributed by atoms with Gasteiger partial charge in [-0.2, -0.15) is 4.31 Å². The SMILES string of the molecule is CCOC(=O)C1CCN(S(C)(=O)=O)C(O)C1. The van der Waals surface area contributed by atoms with Gasteiger partial charge in [0.2, 0.25) is 10.0 Å². The number of rotatable bonds is 3. The van der Waals surface area contributed by atoms with E-state index < -0.39 is 22.2 Å². The molecule has 0 radical (unpaired) electrons. The number of hydrogen-bond donors (Lipinski definition) is 1. The Kier molecular flexibility index (Phi) is 4.28. The average molecular weight is 251 g/mol. The summed E-state index contributed by atoms with van der Waals surface area (Å²) in [5.41, 5.74) is 0. The van der Waals surface area contributed by atoms with Crippen LogP contribution in [0, 0.1) is 5.92 Å². The lowest BCUT2D eigenvalue weighted by Crippen LogP contribution is -2.47. The third-order valence-corrected chi connectivity index (χ3v) is 3.85. The van der Waals surface area contributed by atoms with Crippen molar-refractivity contribution in [2.45, 2.75) is 26.0 Å². The van der Waals surface area contributed by atoms with Crippen LogP contribution in [-0.4, -0.2) is 49.4 Å². The van der Waals surface area contributed by atoms with Crippen molar-refractivity contribution < 1.29 is 23.1 Å². The normalized spacial score (nSPS) is 27.7. The number of carbonyl (C=O) groups is 1. The largest absolute Gasteiger partial charge is 0.466 e. The molecule has 0 amide bonds. The summed E-state index contributed by atoms with van der Waals surface area (Å²) in [5.74, 6) is -0.775. The molecule has 2 unspecified atom stereocenters. The van der Waals surface area contributed by atoms with E-state index >= 15 is 0 Å². The Bertz CT molecular complexity index is 353. The van der Waals surface area contributed by atoms with E-state index in [1.165, 1.54) is 0 Å². The zero-order valence-corrected chi connectivity index (χ0v) is 10.2. The van der Waals surface area contributed by atoms with Crippen molar-refractivity contribution >= 4 is 16.0 Å². The molecule has 7 heteroatoms. The standard InChI is InChI=1S/C9H17NO5S/c1-3-15-9(12)7-4-5-10(8(11)6-7)16(2,13)14/h7-8,11H,3-6H2,1-2H3. The lowest BCUT2D eigenvalue weighted by molar-refractivity contribution is -0.152. The van der Waals surface area contributed by atoms with Gasteiger partial charge in [0, 0.05) is 13.0 Å².